The first-order valence-corrected chi connectivity index (χ1v) is 4.86. The van der Waals surface area contributed by atoms with Gasteiger partial charge in [-0.15, -0.1) is 0 Å². The lowest BCUT2D eigenvalue weighted by Gasteiger charge is -2.12. The van der Waals surface area contributed by atoms with Crippen molar-refractivity contribution in [2.75, 3.05) is 0 Å². The second-order valence-electron chi connectivity index (χ2n) is 3.13. The van der Waals surface area contributed by atoms with Crippen LogP contribution in [-0.4, -0.2) is 4.83 Å². The molecule has 1 heteroatoms. The highest BCUT2D eigenvalue weighted by molar-refractivity contribution is 9.09. The minimum Gasteiger partial charge on any atom is -0.0888 e. The Morgan fingerprint density at radius 1 is 1.11 bits per heavy atom. The molecular weight excluding hydrogens is 176 g/mol. The normalized spacial score (nSPS) is 38.0. The van der Waals surface area contributed by atoms with Gasteiger partial charge < -0.3 is 0 Å². The molecule has 1 rings (SSSR count). The lowest BCUT2D eigenvalue weighted by atomic mass is 10.0. The second kappa shape index (κ2) is 3.60. The van der Waals surface area contributed by atoms with Crippen LogP contribution in [0.4, 0.5) is 0 Å². The summed E-state index contributed by atoms with van der Waals surface area (Å²) in [5.41, 5.74) is 0. The van der Waals surface area contributed by atoms with Crippen LogP contribution in [-0.2, 0) is 0 Å². The van der Waals surface area contributed by atoms with Gasteiger partial charge >= 0.3 is 0 Å². The molecule has 0 saturated heterocycles. The Balaban J connectivity index is 2.32. The summed E-state index contributed by atoms with van der Waals surface area (Å²) in [5.74, 6) is 0.910. The summed E-state index contributed by atoms with van der Waals surface area (Å²) < 4.78 is 0. The zero-order valence-corrected chi connectivity index (χ0v) is 7.65. The fraction of sp³-hybridized carbons (Fsp3) is 1.00. The Labute approximate surface area is 66.2 Å². The maximum atomic E-state index is 3.70. The van der Waals surface area contributed by atoms with Crippen molar-refractivity contribution >= 4 is 15.9 Å². The second-order valence-corrected chi connectivity index (χ2v) is 4.31. The van der Waals surface area contributed by atoms with E-state index in [-0.39, 0.29) is 0 Å². The molecule has 0 nitrogen and oxygen atoms in total. The molecule has 0 aromatic rings. The molecule has 1 saturated carbocycles. The molecule has 2 unspecified atom stereocenters. The van der Waals surface area contributed by atoms with Gasteiger partial charge in [0.2, 0.25) is 0 Å². The van der Waals surface area contributed by atoms with E-state index in [1.54, 1.807) is 0 Å². The molecule has 1 aliphatic carbocycles. The van der Waals surface area contributed by atoms with E-state index >= 15 is 0 Å². The summed E-state index contributed by atoms with van der Waals surface area (Å²) >= 11 is 3.70. The first kappa shape index (κ1) is 7.59. The number of alkyl halides is 1. The first-order chi connectivity index (χ1) is 4.30. The number of rotatable bonds is 0. The number of hydrogen-bond donors (Lipinski definition) is 0. The van der Waals surface area contributed by atoms with Gasteiger partial charge in [-0.25, -0.2) is 0 Å². The zero-order valence-electron chi connectivity index (χ0n) is 6.07. The van der Waals surface area contributed by atoms with Crippen LogP contribution in [0.25, 0.3) is 0 Å². The minimum atomic E-state index is 0.806. The molecule has 0 amide bonds. The van der Waals surface area contributed by atoms with E-state index in [0.717, 1.165) is 10.7 Å². The third-order valence-electron chi connectivity index (χ3n) is 2.26. The molecule has 0 bridgehead atoms. The highest BCUT2D eigenvalue weighted by Gasteiger charge is 2.15. The molecular formula is C8H15Br. The fourth-order valence-electron chi connectivity index (χ4n) is 1.45. The summed E-state index contributed by atoms with van der Waals surface area (Å²) in [6.45, 7) is 2.35. The van der Waals surface area contributed by atoms with Crippen LogP contribution in [0.1, 0.15) is 39.0 Å². The van der Waals surface area contributed by atoms with Gasteiger partial charge in [0, 0.05) is 4.83 Å². The van der Waals surface area contributed by atoms with Crippen LogP contribution >= 0.6 is 15.9 Å². The third kappa shape index (κ3) is 2.29. The van der Waals surface area contributed by atoms with Gasteiger partial charge in [-0.3, -0.25) is 0 Å². The van der Waals surface area contributed by atoms with Crippen molar-refractivity contribution in [1.29, 1.82) is 0 Å². The maximum Gasteiger partial charge on any atom is 0.0171 e. The van der Waals surface area contributed by atoms with E-state index in [1.165, 1.54) is 32.1 Å². The smallest absolute Gasteiger partial charge is 0.0171 e. The average Bonchev–Trinajstić information content (AvgIpc) is 1.99. The van der Waals surface area contributed by atoms with Crippen molar-refractivity contribution in [3.63, 3.8) is 0 Å². The monoisotopic (exact) mass is 190 g/mol. The molecule has 0 aromatic carbocycles. The molecule has 0 spiro atoms. The van der Waals surface area contributed by atoms with E-state index in [2.05, 4.69) is 22.9 Å². The van der Waals surface area contributed by atoms with Gasteiger partial charge in [0.05, 0.1) is 0 Å². The standard InChI is InChI=1S/C8H15Br/c1-7-5-3-2-4-6-8(7)9/h7-8H,2-6H2,1H3. The zero-order chi connectivity index (χ0) is 6.69. The quantitative estimate of drug-likeness (QED) is 0.407. The molecule has 0 radical (unpaired) electrons. The molecule has 1 fully saturated rings. The topological polar surface area (TPSA) is 0 Å². The lowest BCUT2D eigenvalue weighted by Crippen LogP contribution is -2.07. The van der Waals surface area contributed by atoms with E-state index < -0.39 is 0 Å². The molecule has 54 valence electrons. The minimum absolute atomic E-state index is 0.806. The predicted octanol–water partition coefficient (Wildman–Crippen LogP) is 3.35. The number of halogens is 1. The Morgan fingerprint density at radius 3 is 2.56 bits per heavy atom. The van der Waals surface area contributed by atoms with Crippen LogP contribution in [0, 0.1) is 5.92 Å². The highest BCUT2D eigenvalue weighted by atomic mass is 79.9. The van der Waals surface area contributed by atoms with Gasteiger partial charge in [-0.05, 0) is 18.8 Å². The van der Waals surface area contributed by atoms with Crippen LogP contribution in [0.3, 0.4) is 0 Å². The van der Waals surface area contributed by atoms with Crippen molar-refractivity contribution in [3.8, 4) is 0 Å². The molecule has 1 aliphatic rings. The van der Waals surface area contributed by atoms with Gasteiger partial charge in [-0.1, -0.05) is 42.1 Å². The summed E-state index contributed by atoms with van der Waals surface area (Å²) in [5, 5.41) is 0. The van der Waals surface area contributed by atoms with E-state index in [0.29, 0.717) is 0 Å². The Morgan fingerprint density at radius 2 is 1.78 bits per heavy atom. The largest absolute Gasteiger partial charge is 0.0888 e. The van der Waals surface area contributed by atoms with Crippen LogP contribution < -0.4 is 0 Å². The maximum absolute atomic E-state index is 3.70. The Hall–Kier alpha value is 0.480. The van der Waals surface area contributed by atoms with Crippen molar-refractivity contribution in [2.45, 2.75) is 43.9 Å². The van der Waals surface area contributed by atoms with Crippen LogP contribution in [0.5, 0.6) is 0 Å². The van der Waals surface area contributed by atoms with Crippen LogP contribution in [0.15, 0.2) is 0 Å². The molecule has 0 N–H and O–H groups in total. The highest BCUT2D eigenvalue weighted by Crippen LogP contribution is 2.27. The van der Waals surface area contributed by atoms with Crippen molar-refractivity contribution in [2.24, 2.45) is 5.92 Å². The van der Waals surface area contributed by atoms with Gasteiger partial charge in [0.1, 0.15) is 0 Å². The summed E-state index contributed by atoms with van der Waals surface area (Å²) in [6, 6.07) is 0. The van der Waals surface area contributed by atoms with E-state index in [4.69, 9.17) is 0 Å². The molecule has 2 atom stereocenters. The van der Waals surface area contributed by atoms with E-state index in [9.17, 15) is 0 Å². The first-order valence-electron chi connectivity index (χ1n) is 3.95. The lowest BCUT2D eigenvalue weighted by molar-refractivity contribution is 0.524. The Bertz CT molecular complexity index is 70.6. The molecule has 9 heavy (non-hydrogen) atoms. The van der Waals surface area contributed by atoms with Crippen molar-refractivity contribution in [3.05, 3.63) is 0 Å². The van der Waals surface area contributed by atoms with E-state index in [1.807, 2.05) is 0 Å². The van der Waals surface area contributed by atoms with Gasteiger partial charge in [-0.2, -0.15) is 0 Å². The fourth-order valence-corrected chi connectivity index (χ4v) is 2.04. The molecule has 0 aliphatic heterocycles. The Kier molecular flexibility index (Phi) is 3.03. The number of hydrogen-bond acceptors (Lipinski definition) is 0. The average molecular weight is 191 g/mol. The van der Waals surface area contributed by atoms with Crippen molar-refractivity contribution in [1.82, 2.24) is 0 Å². The SMILES string of the molecule is CC1CCCCCC1Br. The predicted molar refractivity (Wildman–Crippen MR) is 45.0 cm³/mol. The molecule has 0 aromatic heterocycles. The summed E-state index contributed by atoms with van der Waals surface area (Å²) in [7, 11) is 0. The third-order valence-corrected chi connectivity index (χ3v) is 3.62. The summed E-state index contributed by atoms with van der Waals surface area (Å²) in [4.78, 5) is 0.806. The van der Waals surface area contributed by atoms with Crippen LogP contribution in [0.2, 0.25) is 0 Å². The molecule has 0 heterocycles. The summed E-state index contributed by atoms with van der Waals surface area (Å²) in [6.07, 6.45) is 7.15. The van der Waals surface area contributed by atoms with Gasteiger partial charge in [0.15, 0.2) is 0 Å². The van der Waals surface area contributed by atoms with Gasteiger partial charge in [0.25, 0.3) is 0 Å². The van der Waals surface area contributed by atoms with Crippen molar-refractivity contribution < 1.29 is 0 Å².